The summed E-state index contributed by atoms with van der Waals surface area (Å²) in [6, 6.07) is 8.50. The van der Waals surface area contributed by atoms with Crippen LogP contribution in [0.25, 0.3) is 0 Å². The SMILES string of the molecule is CCC(C)C(CC)C(CC)C(CC)C(CC)CCCCOCCCC/C=C\C[C@@H]1[C@@H](/C=C/C(F)(F)COc2ccccc2)[C@H](O)C[C@@H]1OC(C)=O. The lowest BCUT2D eigenvalue weighted by molar-refractivity contribution is -0.148. The zero-order valence-corrected chi connectivity index (χ0v) is 33.0. The van der Waals surface area contributed by atoms with Gasteiger partial charge in [-0.1, -0.05) is 123 Å². The van der Waals surface area contributed by atoms with Gasteiger partial charge in [0.2, 0.25) is 0 Å². The van der Waals surface area contributed by atoms with Crippen molar-refractivity contribution in [3.8, 4) is 5.75 Å². The first kappa shape index (κ1) is 44.9. The van der Waals surface area contributed by atoms with Crippen LogP contribution in [0.4, 0.5) is 8.78 Å². The van der Waals surface area contributed by atoms with E-state index >= 15 is 0 Å². The van der Waals surface area contributed by atoms with Crippen molar-refractivity contribution in [2.45, 2.75) is 150 Å². The Morgan fingerprint density at radius 2 is 1.57 bits per heavy atom. The summed E-state index contributed by atoms with van der Waals surface area (Å²) in [5, 5.41) is 10.7. The molecule has 0 amide bonds. The molecule has 0 spiro atoms. The zero-order valence-electron chi connectivity index (χ0n) is 33.0. The molecule has 0 bridgehead atoms. The lowest BCUT2D eigenvalue weighted by Crippen LogP contribution is -2.31. The minimum Gasteiger partial charge on any atom is -0.487 e. The monoisotopic (exact) mass is 719 g/mol. The predicted molar refractivity (Wildman–Crippen MR) is 206 cm³/mol. The minimum atomic E-state index is -3.21. The number of aliphatic hydroxyl groups excluding tert-OH is 1. The van der Waals surface area contributed by atoms with E-state index in [4.69, 9.17) is 14.2 Å². The highest BCUT2D eigenvalue weighted by molar-refractivity contribution is 5.66. The van der Waals surface area contributed by atoms with Gasteiger partial charge in [0.25, 0.3) is 5.92 Å². The first-order chi connectivity index (χ1) is 24.5. The van der Waals surface area contributed by atoms with Gasteiger partial charge < -0.3 is 19.3 Å². The molecule has 1 N–H and O–H groups in total. The zero-order chi connectivity index (χ0) is 37.6. The number of hydrogen-bond acceptors (Lipinski definition) is 5. The molecule has 2 rings (SSSR count). The Morgan fingerprint density at radius 3 is 2.18 bits per heavy atom. The molecular formula is C44H72F2O5. The number of aliphatic hydroxyl groups is 1. The molecule has 0 aromatic heterocycles. The Kier molecular flexibility index (Phi) is 21.9. The normalized spacial score (nSPS) is 22.6. The van der Waals surface area contributed by atoms with Crippen LogP contribution in [0.5, 0.6) is 5.75 Å². The van der Waals surface area contributed by atoms with Gasteiger partial charge in [0.15, 0.2) is 6.61 Å². The molecule has 1 saturated carbocycles. The summed E-state index contributed by atoms with van der Waals surface area (Å²) in [5.74, 6) is -0.0459. The van der Waals surface area contributed by atoms with E-state index < -0.39 is 36.6 Å². The summed E-state index contributed by atoms with van der Waals surface area (Å²) >= 11 is 0. The van der Waals surface area contributed by atoms with E-state index in [0.717, 1.165) is 74.6 Å². The minimum absolute atomic E-state index is 0.228. The van der Waals surface area contributed by atoms with Crippen molar-refractivity contribution in [2.75, 3.05) is 19.8 Å². The molecule has 1 fully saturated rings. The second-order valence-corrected chi connectivity index (χ2v) is 15.0. The van der Waals surface area contributed by atoms with Crippen LogP contribution in [0.2, 0.25) is 0 Å². The van der Waals surface area contributed by atoms with E-state index in [1.165, 1.54) is 57.9 Å². The molecule has 1 aromatic rings. The average molecular weight is 719 g/mol. The fourth-order valence-electron chi connectivity index (χ4n) is 8.64. The van der Waals surface area contributed by atoms with Crippen molar-refractivity contribution in [1.29, 1.82) is 0 Å². The van der Waals surface area contributed by atoms with Crippen molar-refractivity contribution < 1.29 is 32.9 Å². The second-order valence-electron chi connectivity index (χ2n) is 15.0. The molecule has 7 heteroatoms. The third-order valence-electron chi connectivity index (χ3n) is 11.6. The molecule has 0 heterocycles. The highest BCUT2D eigenvalue weighted by Crippen LogP contribution is 2.42. The molecule has 51 heavy (non-hydrogen) atoms. The first-order valence-corrected chi connectivity index (χ1v) is 20.3. The van der Waals surface area contributed by atoms with Gasteiger partial charge in [-0.15, -0.1) is 0 Å². The number of hydrogen-bond donors (Lipinski definition) is 1. The Bertz CT molecular complexity index is 1110. The molecule has 1 aliphatic rings. The summed E-state index contributed by atoms with van der Waals surface area (Å²) < 4.78 is 46.1. The quantitative estimate of drug-likeness (QED) is 0.0557. The Morgan fingerprint density at radius 1 is 0.902 bits per heavy atom. The molecular weight excluding hydrogens is 646 g/mol. The van der Waals surface area contributed by atoms with Gasteiger partial charge in [-0.3, -0.25) is 4.79 Å². The van der Waals surface area contributed by atoms with Crippen LogP contribution in [-0.4, -0.2) is 49.0 Å². The van der Waals surface area contributed by atoms with Crippen LogP contribution in [0.15, 0.2) is 54.6 Å². The van der Waals surface area contributed by atoms with Crippen molar-refractivity contribution in [2.24, 2.45) is 41.4 Å². The number of rotatable bonds is 27. The van der Waals surface area contributed by atoms with Crippen LogP contribution in [0.1, 0.15) is 132 Å². The standard InChI is InChI=1S/C44H72F2O5/c1-8-33(6)37(10-3)39(12-5)38(11-4)35(9-2)23-20-22-30-49-29-21-15-13-14-19-26-41-40(42(48)31-43(41)51-34(7)47)27-28-44(45,46)32-50-36-24-17-16-18-25-36/h14,16-19,24-25,27-28,33,35,37-43,48H,8-13,15,20-23,26,29-32H2,1-7H3/b19-14-,28-27+/t33?,35?,37?,38?,39?,40-,41-,42-,43+/m1/s1. The first-order valence-electron chi connectivity index (χ1n) is 20.3. The van der Waals surface area contributed by atoms with Crippen molar-refractivity contribution >= 4 is 5.97 Å². The molecule has 0 radical (unpaired) electrons. The number of unbranched alkanes of at least 4 members (excludes halogenated alkanes) is 3. The van der Waals surface area contributed by atoms with E-state index in [0.29, 0.717) is 12.2 Å². The molecule has 5 unspecified atom stereocenters. The molecule has 0 aliphatic heterocycles. The van der Waals surface area contributed by atoms with Gasteiger partial charge >= 0.3 is 5.97 Å². The Hall–Kier alpha value is -2.25. The maximum Gasteiger partial charge on any atom is 0.302 e. The number of carbonyl (C=O) groups is 1. The average Bonchev–Trinajstić information content (AvgIpc) is 3.41. The highest BCUT2D eigenvalue weighted by atomic mass is 19.3. The second kappa shape index (κ2) is 24.9. The molecule has 5 nitrogen and oxygen atoms in total. The number of esters is 1. The highest BCUT2D eigenvalue weighted by Gasteiger charge is 2.43. The molecule has 0 saturated heterocycles. The molecule has 9 atom stereocenters. The summed E-state index contributed by atoms with van der Waals surface area (Å²) in [6.45, 7) is 16.5. The van der Waals surface area contributed by atoms with Crippen LogP contribution in [-0.2, 0) is 14.3 Å². The summed E-state index contributed by atoms with van der Waals surface area (Å²) in [4.78, 5) is 11.7. The molecule has 1 aromatic carbocycles. The van der Waals surface area contributed by atoms with Crippen molar-refractivity contribution in [3.05, 3.63) is 54.6 Å². The van der Waals surface area contributed by atoms with Gasteiger partial charge in [-0.2, -0.15) is 8.78 Å². The van der Waals surface area contributed by atoms with Crippen LogP contribution in [0.3, 0.4) is 0 Å². The van der Waals surface area contributed by atoms with Gasteiger partial charge in [-0.25, -0.2) is 0 Å². The lowest BCUT2D eigenvalue weighted by atomic mass is 9.66. The van der Waals surface area contributed by atoms with E-state index in [2.05, 4.69) is 47.6 Å². The van der Waals surface area contributed by atoms with E-state index in [9.17, 15) is 18.7 Å². The fourth-order valence-corrected chi connectivity index (χ4v) is 8.64. The van der Waals surface area contributed by atoms with Gasteiger partial charge in [-0.05, 0) is 79.9 Å². The predicted octanol–water partition coefficient (Wildman–Crippen LogP) is 11.6. The van der Waals surface area contributed by atoms with E-state index in [1.54, 1.807) is 30.3 Å². The maximum atomic E-state index is 14.7. The van der Waals surface area contributed by atoms with Crippen LogP contribution >= 0.6 is 0 Å². The number of halogens is 2. The molecule has 292 valence electrons. The maximum absolute atomic E-state index is 14.7. The van der Waals surface area contributed by atoms with Crippen LogP contribution < -0.4 is 4.74 Å². The number of ether oxygens (including phenoxy) is 3. The summed E-state index contributed by atoms with van der Waals surface area (Å²) in [6.07, 6.45) is 18.6. The summed E-state index contributed by atoms with van der Waals surface area (Å²) in [7, 11) is 0. The molecule has 1 aliphatic carbocycles. The van der Waals surface area contributed by atoms with Gasteiger partial charge in [0.1, 0.15) is 11.9 Å². The Balaban J connectivity index is 1.74. The lowest BCUT2D eigenvalue weighted by Gasteiger charge is -2.39. The largest absolute Gasteiger partial charge is 0.487 e. The Labute approximate surface area is 310 Å². The van der Waals surface area contributed by atoms with E-state index in [-0.39, 0.29) is 12.3 Å². The third kappa shape index (κ3) is 16.1. The third-order valence-corrected chi connectivity index (χ3v) is 11.6. The number of allylic oxidation sites excluding steroid dienone is 2. The topological polar surface area (TPSA) is 65.0 Å². The van der Waals surface area contributed by atoms with Gasteiger partial charge in [0.05, 0.1) is 6.10 Å². The number of carbonyl (C=O) groups excluding carboxylic acids is 1. The fraction of sp³-hybridized carbons (Fsp3) is 0.750. The number of benzene rings is 1. The van der Waals surface area contributed by atoms with Crippen molar-refractivity contribution in [3.63, 3.8) is 0 Å². The van der Waals surface area contributed by atoms with Crippen molar-refractivity contribution in [1.82, 2.24) is 0 Å². The smallest absolute Gasteiger partial charge is 0.302 e. The summed E-state index contributed by atoms with van der Waals surface area (Å²) in [5.41, 5.74) is 0. The van der Waals surface area contributed by atoms with E-state index in [1.807, 2.05) is 6.08 Å². The van der Waals surface area contributed by atoms with Crippen LogP contribution in [0, 0.1) is 41.4 Å². The van der Waals surface area contributed by atoms with Gasteiger partial charge in [0, 0.05) is 38.4 Å². The number of alkyl halides is 2. The number of para-hydroxylation sites is 1.